The lowest BCUT2D eigenvalue weighted by molar-refractivity contribution is -0.697. The van der Waals surface area contributed by atoms with Crippen LogP contribution in [0.1, 0.15) is 119 Å². The minimum Gasteiger partial charge on any atom is -0.777 e. The van der Waals surface area contributed by atoms with E-state index in [1.54, 1.807) is 0 Å². The van der Waals surface area contributed by atoms with Crippen LogP contribution in [0, 0.1) is 0 Å². The molecule has 0 spiro atoms. The summed E-state index contributed by atoms with van der Waals surface area (Å²) in [6, 6.07) is 37.0. The van der Waals surface area contributed by atoms with Crippen molar-refractivity contribution in [3.05, 3.63) is 184 Å². The van der Waals surface area contributed by atoms with Crippen molar-refractivity contribution in [1.82, 2.24) is 0 Å². The second-order valence-corrected chi connectivity index (χ2v) is 19.1. The molecule has 6 atom stereocenters. The van der Waals surface area contributed by atoms with Crippen molar-refractivity contribution in [2.24, 2.45) is 0 Å². The fourth-order valence-electron chi connectivity index (χ4n) is 5.54. The van der Waals surface area contributed by atoms with Gasteiger partial charge in [0.15, 0.2) is 124 Å². The molecule has 6 aromatic heterocycles. The third kappa shape index (κ3) is 99.7. The summed E-state index contributed by atoms with van der Waals surface area (Å²) in [6.07, 6.45) is 40.5. The van der Waals surface area contributed by atoms with Crippen LogP contribution in [0.3, 0.4) is 0 Å². The zero-order valence-corrected chi connectivity index (χ0v) is 54.9. The van der Waals surface area contributed by atoms with Crippen LogP contribution in [0.4, 0.5) is 25.2 Å². The van der Waals surface area contributed by atoms with Gasteiger partial charge < -0.3 is 56.8 Å². The van der Waals surface area contributed by atoms with Crippen LogP contribution in [0.25, 0.3) is 0 Å². The smallest absolute Gasteiger partial charge is 0.169 e. The molecule has 18 nitrogen and oxygen atoms in total. The minimum atomic E-state index is -3.88. The Hall–Kier alpha value is -4.38. The zero-order valence-electron chi connectivity index (χ0n) is 48.9. The SMILES string of the molecule is CCCC[n+]1ccccc1.CCCC[n+]1ccccc1.CCCC[n+]1ccccc1.CCCC[n+]1ccccc1.CCCC[n+]1ccccc1.CCCC[n+]1ccccc1.O=[PH]([O-])F.O=[PH]([O-])F.O=[PH]([O-])F.O=[PH]([O-])F.O=[PH]([O-])F.O=[PH]([O-])F. The third-order valence-corrected chi connectivity index (χ3v) is 9.28. The molecule has 84 heavy (non-hydrogen) atoms. The Morgan fingerprint density at radius 1 is 0.226 bits per heavy atom. The van der Waals surface area contributed by atoms with E-state index < -0.39 is 50.0 Å². The normalized spacial score (nSPS) is 11.4. The molecule has 6 unspecified atom stereocenters. The number of hydrogen-bond acceptors (Lipinski definition) is 12. The second kappa shape index (κ2) is 74.7. The summed E-state index contributed by atoms with van der Waals surface area (Å²) in [4.78, 5) is 50.4. The predicted octanol–water partition coefficient (Wildman–Crippen LogP) is 8.88. The van der Waals surface area contributed by atoms with Crippen molar-refractivity contribution in [2.75, 3.05) is 0 Å². The lowest BCUT2D eigenvalue weighted by atomic mass is 10.3. The Morgan fingerprint density at radius 3 is 0.381 bits per heavy atom. The van der Waals surface area contributed by atoms with Gasteiger partial charge >= 0.3 is 0 Å². The fraction of sp³-hybridized carbons (Fsp3) is 0.444. The first kappa shape index (κ1) is 90.8. The number of halogens is 6. The molecule has 0 N–H and O–H groups in total. The van der Waals surface area contributed by atoms with Crippen molar-refractivity contribution >= 4 is 50.0 Å². The number of pyridine rings is 6. The molecule has 0 aliphatic rings. The Kier molecular flexibility index (Phi) is 80.8. The van der Waals surface area contributed by atoms with E-state index in [4.69, 9.17) is 56.8 Å². The monoisotopic (exact) mass is 1310 g/mol. The molecule has 0 aliphatic carbocycles. The largest absolute Gasteiger partial charge is 0.777 e. The van der Waals surface area contributed by atoms with Gasteiger partial charge in [-0.2, -0.15) is 0 Å². The summed E-state index contributed by atoms with van der Waals surface area (Å²) < 4.78 is 124. The second-order valence-electron chi connectivity index (χ2n) is 16.2. The molecule has 0 amide bonds. The molecule has 6 heterocycles. The molecule has 480 valence electrons. The van der Waals surface area contributed by atoms with Crippen LogP contribution in [0.5, 0.6) is 0 Å². The summed E-state index contributed by atoms with van der Waals surface area (Å²) in [5.41, 5.74) is 0. The summed E-state index contributed by atoms with van der Waals surface area (Å²) in [5, 5.41) is 0. The molecule has 0 saturated heterocycles. The maximum Gasteiger partial charge on any atom is 0.169 e. The summed E-state index contributed by atoms with van der Waals surface area (Å²) in [7, 11) is -23.3. The standard InChI is InChI=1S/6C9H14N.6FH2O2P/c6*1-2-3-7-10-8-5-4-6-9-10;6*1-4(2)3/h6*4-6,8-9H,2-3,7H2,1H3;6*4H,(H,2,3)/q6*+1;;;;;;/p-6. The highest BCUT2D eigenvalue weighted by Gasteiger charge is 1.97. The first-order valence-corrected chi connectivity index (χ1v) is 34.0. The molecule has 0 saturated carbocycles. The first-order chi connectivity index (χ1) is 40.0. The Labute approximate surface area is 498 Å². The average Bonchev–Trinajstić information content (AvgIpc) is 3.46. The van der Waals surface area contributed by atoms with Gasteiger partial charge in [-0.3, -0.25) is 0 Å². The highest BCUT2D eigenvalue weighted by atomic mass is 31.2. The molecule has 6 rings (SSSR count). The Bertz CT molecular complexity index is 1940. The molecular formula is C54H90F6N6O12P6. The van der Waals surface area contributed by atoms with Crippen LogP contribution < -0.4 is 56.8 Å². The summed E-state index contributed by atoms with van der Waals surface area (Å²) >= 11 is 0. The molecule has 0 fully saturated rings. The van der Waals surface area contributed by atoms with E-state index in [0.717, 1.165) is 39.3 Å². The molecule has 0 bridgehead atoms. The van der Waals surface area contributed by atoms with E-state index >= 15 is 0 Å². The lowest BCUT2D eigenvalue weighted by Crippen LogP contribution is -2.31. The molecule has 0 aliphatic heterocycles. The van der Waals surface area contributed by atoms with Crippen molar-refractivity contribution in [3.63, 3.8) is 0 Å². The molecule has 6 aromatic rings. The molecule has 0 radical (unpaired) electrons. The van der Waals surface area contributed by atoms with Gasteiger partial charge in [-0.25, -0.2) is 52.6 Å². The minimum absolute atomic E-state index is 1.15. The number of hydrogen-bond donors (Lipinski definition) is 0. The van der Waals surface area contributed by atoms with E-state index in [1.165, 1.54) is 77.0 Å². The maximum atomic E-state index is 9.99. The van der Waals surface area contributed by atoms with Crippen LogP contribution >= 0.6 is 50.0 Å². The molecule has 0 aromatic carbocycles. The van der Waals surface area contributed by atoms with Crippen molar-refractivity contribution in [1.29, 1.82) is 0 Å². The van der Waals surface area contributed by atoms with Gasteiger partial charge in [0.1, 0.15) is 39.3 Å². The number of nitrogens with zero attached hydrogens (tertiary/aromatic N) is 6. The number of rotatable bonds is 18. The van der Waals surface area contributed by atoms with E-state index in [0.29, 0.717) is 0 Å². The van der Waals surface area contributed by atoms with Gasteiger partial charge in [-0.1, -0.05) is 116 Å². The quantitative estimate of drug-likeness (QED) is 0.0444. The number of aryl methyl sites for hydroxylation is 6. The van der Waals surface area contributed by atoms with E-state index in [1.807, 2.05) is 36.4 Å². The van der Waals surface area contributed by atoms with E-state index in [9.17, 15) is 25.2 Å². The highest BCUT2D eigenvalue weighted by molar-refractivity contribution is 7.30. The molecule has 30 heteroatoms. The summed E-state index contributed by atoms with van der Waals surface area (Å²) in [6.45, 7) is 20.2. The number of aromatic nitrogens is 6. The Morgan fingerprint density at radius 2 is 0.310 bits per heavy atom. The van der Waals surface area contributed by atoms with Crippen LogP contribution in [-0.2, 0) is 66.7 Å². The van der Waals surface area contributed by atoms with Gasteiger partial charge in [0.05, 0.1) is 0 Å². The van der Waals surface area contributed by atoms with Gasteiger partial charge in [0.25, 0.3) is 0 Å². The fourth-order valence-corrected chi connectivity index (χ4v) is 5.54. The topological polar surface area (TPSA) is 264 Å². The average molecular weight is 1320 g/mol. The molecular weight excluding hydrogens is 1220 g/mol. The van der Waals surface area contributed by atoms with Crippen LogP contribution in [0.2, 0.25) is 0 Å². The van der Waals surface area contributed by atoms with E-state index in [-0.39, 0.29) is 0 Å². The van der Waals surface area contributed by atoms with Crippen LogP contribution in [-0.4, -0.2) is 0 Å². The van der Waals surface area contributed by atoms with E-state index in [2.05, 4.69) is 216 Å². The van der Waals surface area contributed by atoms with Crippen molar-refractivity contribution in [2.45, 2.75) is 158 Å². The van der Waals surface area contributed by atoms with Gasteiger partial charge in [0, 0.05) is 111 Å². The Balaban J connectivity index is -0.000000202. The number of unbranched alkanes of at least 4 members (excludes halogenated alkanes) is 6. The predicted molar refractivity (Wildman–Crippen MR) is 310 cm³/mol. The van der Waals surface area contributed by atoms with Gasteiger partial charge in [0.2, 0.25) is 0 Å². The van der Waals surface area contributed by atoms with Crippen LogP contribution in [0.15, 0.2) is 184 Å². The zero-order chi connectivity index (χ0) is 64.9. The van der Waals surface area contributed by atoms with Crippen molar-refractivity contribution < 1.29 is 109 Å². The van der Waals surface area contributed by atoms with Gasteiger partial charge in [-0.05, 0) is 0 Å². The lowest BCUT2D eigenvalue weighted by Gasteiger charge is -1.91. The highest BCUT2D eigenvalue weighted by Crippen LogP contribution is 2.05. The first-order valence-electron chi connectivity index (χ1n) is 26.8. The summed E-state index contributed by atoms with van der Waals surface area (Å²) in [5.74, 6) is 0. The maximum absolute atomic E-state index is 9.99. The van der Waals surface area contributed by atoms with Crippen molar-refractivity contribution in [3.8, 4) is 0 Å². The third-order valence-electron chi connectivity index (χ3n) is 9.28. The van der Waals surface area contributed by atoms with Gasteiger partial charge in [-0.15, -0.1) is 0 Å².